The molecule has 1 aromatic rings. The molecule has 0 atom stereocenters. The Morgan fingerprint density at radius 1 is 0.600 bits per heavy atom. The minimum Gasteiger partial charge on any atom is -0.341 e. The molecule has 3 heterocycles. The van der Waals surface area contributed by atoms with E-state index in [1.54, 1.807) is 0 Å². The topological polar surface area (TPSA) is 72.5 Å². The van der Waals surface area contributed by atoms with Gasteiger partial charge in [0.15, 0.2) is 0 Å². The fourth-order valence-electron chi connectivity index (χ4n) is 6.72. The van der Waals surface area contributed by atoms with E-state index >= 15 is 0 Å². The molecule has 0 aliphatic carbocycles. The number of piperidine rings is 2. The van der Waals surface area contributed by atoms with Crippen LogP contribution in [0.15, 0.2) is 0 Å². The van der Waals surface area contributed by atoms with Crippen molar-refractivity contribution >= 4 is 17.8 Å². The first kappa shape index (κ1) is 27.9. The van der Waals surface area contributed by atoms with Gasteiger partial charge in [-0.05, 0) is 94.9 Å². The van der Waals surface area contributed by atoms with Crippen LogP contribution in [0.4, 0.5) is 17.8 Å². The smallest absolute Gasteiger partial charge is 0.231 e. The summed E-state index contributed by atoms with van der Waals surface area (Å²) in [6.07, 6.45) is 4.17. The monoisotopic (exact) mass is 488 g/mol. The lowest BCUT2D eigenvalue weighted by Crippen LogP contribution is -2.62. The van der Waals surface area contributed by atoms with Crippen LogP contribution in [0.3, 0.4) is 0 Å². The minimum atomic E-state index is 0.0568. The van der Waals surface area contributed by atoms with Crippen molar-refractivity contribution in [3.63, 3.8) is 0 Å². The molecule has 200 valence electrons. The lowest BCUT2D eigenvalue weighted by molar-refractivity contribution is 0.160. The third-order valence-corrected chi connectivity index (χ3v) is 7.71. The predicted octanol–water partition coefficient (Wildman–Crippen LogP) is 4.21. The molecule has 2 N–H and O–H groups in total. The van der Waals surface area contributed by atoms with Gasteiger partial charge in [0, 0.05) is 61.4 Å². The highest BCUT2D eigenvalue weighted by atomic mass is 15.4. The molecule has 0 spiro atoms. The van der Waals surface area contributed by atoms with Crippen molar-refractivity contribution in [3.05, 3.63) is 0 Å². The van der Waals surface area contributed by atoms with Crippen LogP contribution in [-0.4, -0.2) is 76.4 Å². The van der Waals surface area contributed by atoms with Gasteiger partial charge in [0.25, 0.3) is 0 Å². The first-order chi connectivity index (χ1) is 16.0. The normalized spacial score (nSPS) is 23.7. The van der Waals surface area contributed by atoms with Gasteiger partial charge in [0.1, 0.15) is 0 Å². The average molecular weight is 489 g/mol. The molecule has 0 aromatic carbocycles. The van der Waals surface area contributed by atoms with Crippen molar-refractivity contribution in [1.82, 2.24) is 25.6 Å². The summed E-state index contributed by atoms with van der Waals surface area (Å²) in [7, 11) is 4.31. The zero-order valence-corrected chi connectivity index (χ0v) is 24.6. The summed E-state index contributed by atoms with van der Waals surface area (Å²) >= 11 is 0. The fraction of sp³-hybridized carbons (Fsp3) is 0.889. The van der Waals surface area contributed by atoms with E-state index in [0.29, 0.717) is 12.1 Å². The Kier molecular flexibility index (Phi) is 7.70. The second-order valence-corrected chi connectivity index (χ2v) is 13.5. The van der Waals surface area contributed by atoms with E-state index < -0.39 is 0 Å². The molecule has 1 aromatic heterocycles. The molecule has 2 saturated heterocycles. The maximum absolute atomic E-state index is 5.09. The zero-order chi connectivity index (χ0) is 26.4. The van der Waals surface area contributed by atoms with Gasteiger partial charge in [-0.1, -0.05) is 0 Å². The van der Waals surface area contributed by atoms with E-state index in [2.05, 4.69) is 109 Å². The molecular formula is C27H52N8. The zero-order valence-electron chi connectivity index (χ0n) is 24.6. The number of anilines is 3. The number of aromatic nitrogens is 3. The molecule has 3 rings (SSSR count). The SMILES string of the molecule is CCN(CC)c1nc(N(C)C2CC(C)(C)NC(C)(C)C2)nc(N(C)C2CC(C)(C)NC(C)(C)C2)n1. The molecule has 0 saturated carbocycles. The Bertz CT molecular complexity index is 780. The lowest BCUT2D eigenvalue weighted by atomic mass is 9.79. The minimum absolute atomic E-state index is 0.0568. The largest absolute Gasteiger partial charge is 0.341 e. The third kappa shape index (κ3) is 6.76. The number of hydrogen-bond acceptors (Lipinski definition) is 8. The predicted molar refractivity (Wildman–Crippen MR) is 149 cm³/mol. The van der Waals surface area contributed by atoms with E-state index in [9.17, 15) is 0 Å². The number of nitrogens with one attached hydrogen (secondary N) is 2. The van der Waals surface area contributed by atoms with Gasteiger partial charge in [-0.3, -0.25) is 0 Å². The number of nitrogens with zero attached hydrogens (tertiary/aromatic N) is 6. The molecule has 0 unspecified atom stereocenters. The highest BCUT2D eigenvalue weighted by Gasteiger charge is 2.41. The van der Waals surface area contributed by atoms with Crippen LogP contribution in [0.5, 0.6) is 0 Å². The summed E-state index contributed by atoms with van der Waals surface area (Å²) in [4.78, 5) is 21.9. The first-order valence-corrected chi connectivity index (χ1v) is 13.5. The quantitative estimate of drug-likeness (QED) is 0.591. The molecule has 2 aliphatic heterocycles. The lowest BCUT2D eigenvalue weighted by Gasteiger charge is -2.49. The second kappa shape index (κ2) is 9.66. The Morgan fingerprint density at radius 2 is 0.886 bits per heavy atom. The van der Waals surface area contributed by atoms with Gasteiger partial charge >= 0.3 is 0 Å². The molecule has 0 radical (unpaired) electrons. The summed E-state index contributed by atoms with van der Waals surface area (Å²) in [5, 5.41) is 7.60. The molecule has 2 fully saturated rings. The Balaban J connectivity index is 1.99. The third-order valence-electron chi connectivity index (χ3n) is 7.71. The van der Waals surface area contributed by atoms with E-state index in [0.717, 1.165) is 56.6 Å². The Morgan fingerprint density at radius 3 is 1.17 bits per heavy atom. The van der Waals surface area contributed by atoms with Crippen molar-refractivity contribution in [2.45, 2.75) is 129 Å². The number of rotatable bonds is 7. The van der Waals surface area contributed by atoms with Crippen LogP contribution < -0.4 is 25.3 Å². The van der Waals surface area contributed by atoms with Crippen LogP contribution in [0, 0.1) is 0 Å². The first-order valence-electron chi connectivity index (χ1n) is 13.5. The summed E-state index contributed by atoms with van der Waals surface area (Å²) in [6.45, 7) is 24.4. The van der Waals surface area contributed by atoms with Crippen LogP contribution in [0.25, 0.3) is 0 Å². The molecule has 35 heavy (non-hydrogen) atoms. The molecule has 2 aliphatic rings. The Hall–Kier alpha value is -1.67. The van der Waals surface area contributed by atoms with Crippen molar-refractivity contribution in [3.8, 4) is 0 Å². The van der Waals surface area contributed by atoms with Crippen molar-refractivity contribution < 1.29 is 0 Å². The van der Waals surface area contributed by atoms with Crippen molar-refractivity contribution in [2.75, 3.05) is 41.9 Å². The molecule has 0 amide bonds. The van der Waals surface area contributed by atoms with Gasteiger partial charge in [-0.15, -0.1) is 0 Å². The molecule has 8 heteroatoms. The maximum atomic E-state index is 5.09. The van der Waals surface area contributed by atoms with E-state index in [1.807, 2.05) is 0 Å². The van der Waals surface area contributed by atoms with Crippen LogP contribution in [0.1, 0.15) is 94.9 Å². The summed E-state index contributed by atoms with van der Waals surface area (Å²) in [6, 6.07) is 0.700. The molecule has 8 nitrogen and oxygen atoms in total. The maximum Gasteiger partial charge on any atom is 0.231 e. The van der Waals surface area contributed by atoms with E-state index in [-0.39, 0.29) is 22.2 Å². The summed E-state index contributed by atoms with van der Waals surface area (Å²) in [5.74, 6) is 2.32. The summed E-state index contributed by atoms with van der Waals surface area (Å²) in [5.41, 5.74) is 0.227. The number of hydrogen-bond donors (Lipinski definition) is 2. The fourth-order valence-corrected chi connectivity index (χ4v) is 6.72. The van der Waals surface area contributed by atoms with Gasteiger partial charge in [-0.2, -0.15) is 15.0 Å². The Labute approximate surface area is 214 Å². The van der Waals surface area contributed by atoms with Crippen LogP contribution in [0.2, 0.25) is 0 Å². The van der Waals surface area contributed by atoms with Crippen molar-refractivity contribution in [1.29, 1.82) is 0 Å². The summed E-state index contributed by atoms with van der Waals surface area (Å²) < 4.78 is 0. The van der Waals surface area contributed by atoms with Gasteiger partial charge in [-0.25, -0.2) is 0 Å². The van der Waals surface area contributed by atoms with E-state index in [4.69, 9.17) is 15.0 Å². The van der Waals surface area contributed by atoms with E-state index in [1.165, 1.54) is 0 Å². The highest BCUT2D eigenvalue weighted by molar-refractivity contribution is 5.47. The standard InChI is InChI=1S/C27H52N8/c1-13-35(14-2)23-29-21(33(11)19-15-24(3,4)31-25(5,6)16-19)28-22(30-23)34(12)20-17-26(7,8)32-27(9,10)18-20/h19-20,31-32H,13-18H2,1-12H3. The van der Waals surface area contributed by atoms with Crippen LogP contribution in [-0.2, 0) is 0 Å². The van der Waals surface area contributed by atoms with Gasteiger partial charge in [0.2, 0.25) is 17.8 Å². The highest BCUT2D eigenvalue weighted by Crippen LogP contribution is 2.35. The van der Waals surface area contributed by atoms with Crippen LogP contribution >= 0.6 is 0 Å². The van der Waals surface area contributed by atoms with Gasteiger partial charge in [0.05, 0.1) is 0 Å². The van der Waals surface area contributed by atoms with Gasteiger partial charge < -0.3 is 25.3 Å². The second-order valence-electron chi connectivity index (χ2n) is 13.5. The van der Waals surface area contributed by atoms with Crippen molar-refractivity contribution in [2.24, 2.45) is 0 Å². The molecule has 0 bridgehead atoms. The average Bonchev–Trinajstić information content (AvgIpc) is 2.68. The molecular weight excluding hydrogens is 436 g/mol.